The zero-order chi connectivity index (χ0) is 19.9. The molecule has 1 amide bonds. The molecule has 0 bridgehead atoms. The molecule has 1 aromatic rings. The van der Waals surface area contributed by atoms with Crippen molar-refractivity contribution in [1.29, 1.82) is 0 Å². The predicted octanol–water partition coefficient (Wildman–Crippen LogP) is 1.13. The maximum absolute atomic E-state index is 12.6. The summed E-state index contributed by atoms with van der Waals surface area (Å²) in [7, 11) is 0. The van der Waals surface area contributed by atoms with Crippen LogP contribution in [0.2, 0.25) is 0 Å². The van der Waals surface area contributed by atoms with Crippen molar-refractivity contribution in [2.75, 3.05) is 59.1 Å². The van der Waals surface area contributed by atoms with Crippen LogP contribution in [0.15, 0.2) is 27.8 Å². The van der Waals surface area contributed by atoms with Crippen molar-refractivity contribution in [2.45, 2.75) is 31.8 Å². The number of amides is 1. The van der Waals surface area contributed by atoms with Gasteiger partial charge in [-0.25, -0.2) is 0 Å². The minimum atomic E-state index is -0.233. The SMILES string of the molecule is O=C(C1CCCO1)N1CCN(C(=NCC2CCOC2)NCCc2ccco2)CC1. The van der Waals surface area contributed by atoms with Crippen LogP contribution in [-0.4, -0.2) is 86.9 Å². The van der Waals surface area contributed by atoms with Gasteiger partial charge in [0.15, 0.2) is 5.96 Å². The van der Waals surface area contributed by atoms with E-state index in [2.05, 4.69) is 10.2 Å². The van der Waals surface area contributed by atoms with E-state index in [1.165, 1.54) is 0 Å². The van der Waals surface area contributed by atoms with Gasteiger partial charge in [-0.3, -0.25) is 9.79 Å². The Hall–Kier alpha value is -2.06. The van der Waals surface area contributed by atoms with Gasteiger partial charge in [-0.15, -0.1) is 0 Å². The maximum Gasteiger partial charge on any atom is 0.251 e. The molecule has 8 nitrogen and oxygen atoms in total. The molecule has 0 radical (unpaired) electrons. The van der Waals surface area contributed by atoms with Crippen molar-refractivity contribution in [3.8, 4) is 0 Å². The molecule has 2 unspecified atom stereocenters. The van der Waals surface area contributed by atoms with Gasteiger partial charge < -0.3 is 29.0 Å². The molecule has 29 heavy (non-hydrogen) atoms. The van der Waals surface area contributed by atoms with Crippen molar-refractivity contribution in [2.24, 2.45) is 10.9 Å². The molecule has 160 valence electrons. The summed E-state index contributed by atoms with van der Waals surface area (Å²) in [5.41, 5.74) is 0. The predicted molar refractivity (Wildman–Crippen MR) is 109 cm³/mol. The molecule has 2 atom stereocenters. The van der Waals surface area contributed by atoms with E-state index in [0.29, 0.717) is 25.6 Å². The van der Waals surface area contributed by atoms with Gasteiger partial charge in [-0.2, -0.15) is 0 Å². The number of carbonyl (C=O) groups excluding carboxylic acids is 1. The minimum Gasteiger partial charge on any atom is -0.469 e. The van der Waals surface area contributed by atoms with E-state index in [-0.39, 0.29) is 12.0 Å². The Bertz CT molecular complexity index is 658. The highest BCUT2D eigenvalue weighted by Gasteiger charge is 2.31. The Morgan fingerprint density at radius 2 is 2.03 bits per heavy atom. The second kappa shape index (κ2) is 10.1. The van der Waals surface area contributed by atoms with E-state index in [0.717, 1.165) is 76.8 Å². The first kappa shape index (κ1) is 20.2. The molecule has 3 aliphatic rings. The molecule has 3 saturated heterocycles. The van der Waals surface area contributed by atoms with E-state index >= 15 is 0 Å². The van der Waals surface area contributed by atoms with Crippen molar-refractivity contribution in [3.05, 3.63) is 24.2 Å². The Morgan fingerprint density at radius 3 is 2.72 bits per heavy atom. The summed E-state index contributed by atoms with van der Waals surface area (Å²) in [6.07, 6.45) is 5.20. The number of hydrogen-bond acceptors (Lipinski definition) is 5. The quantitative estimate of drug-likeness (QED) is 0.566. The summed E-state index contributed by atoms with van der Waals surface area (Å²) in [6.45, 7) is 6.88. The summed E-state index contributed by atoms with van der Waals surface area (Å²) in [4.78, 5) is 21.7. The smallest absolute Gasteiger partial charge is 0.251 e. The van der Waals surface area contributed by atoms with Gasteiger partial charge >= 0.3 is 0 Å². The Labute approximate surface area is 172 Å². The number of rotatable bonds is 6. The van der Waals surface area contributed by atoms with Gasteiger partial charge in [0.2, 0.25) is 0 Å². The van der Waals surface area contributed by atoms with Gasteiger partial charge in [0.05, 0.1) is 12.9 Å². The number of nitrogens with zero attached hydrogens (tertiary/aromatic N) is 3. The van der Waals surface area contributed by atoms with Crippen LogP contribution < -0.4 is 5.32 Å². The molecule has 0 spiro atoms. The number of piperazine rings is 1. The lowest BCUT2D eigenvalue weighted by molar-refractivity contribution is -0.142. The van der Waals surface area contributed by atoms with Crippen LogP contribution in [0.25, 0.3) is 0 Å². The number of hydrogen-bond donors (Lipinski definition) is 1. The van der Waals surface area contributed by atoms with Crippen molar-refractivity contribution < 1.29 is 18.7 Å². The second-order valence-corrected chi connectivity index (χ2v) is 7.96. The van der Waals surface area contributed by atoms with Crippen molar-refractivity contribution >= 4 is 11.9 Å². The lowest BCUT2D eigenvalue weighted by Crippen LogP contribution is -2.55. The maximum atomic E-state index is 12.6. The fourth-order valence-electron chi connectivity index (χ4n) is 4.08. The van der Waals surface area contributed by atoms with Crippen LogP contribution in [0.3, 0.4) is 0 Å². The van der Waals surface area contributed by atoms with Gasteiger partial charge in [0, 0.05) is 64.8 Å². The fraction of sp³-hybridized carbons (Fsp3) is 0.714. The van der Waals surface area contributed by atoms with Crippen molar-refractivity contribution in [3.63, 3.8) is 0 Å². The summed E-state index contributed by atoms with van der Waals surface area (Å²) in [5.74, 6) is 2.54. The Balaban J connectivity index is 1.31. The largest absolute Gasteiger partial charge is 0.469 e. The number of nitrogens with one attached hydrogen (secondary N) is 1. The summed E-state index contributed by atoms with van der Waals surface area (Å²) in [6, 6.07) is 3.90. The van der Waals surface area contributed by atoms with Crippen LogP contribution >= 0.6 is 0 Å². The summed E-state index contributed by atoms with van der Waals surface area (Å²) < 4.78 is 16.5. The van der Waals surface area contributed by atoms with Crippen LogP contribution in [0.5, 0.6) is 0 Å². The highest BCUT2D eigenvalue weighted by molar-refractivity contribution is 5.82. The van der Waals surface area contributed by atoms with Crippen LogP contribution in [-0.2, 0) is 20.7 Å². The first-order valence-electron chi connectivity index (χ1n) is 10.8. The standard InChI is InChI=1S/C21H32N4O4/c26-20(19-4-2-13-29-19)24-8-10-25(11-9-24)21(23-15-17-6-14-27-16-17)22-7-5-18-3-1-12-28-18/h1,3,12,17,19H,2,4-11,13-16H2,(H,22,23). The number of ether oxygens (including phenoxy) is 2. The van der Waals surface area contributed by atoms with E-state index in [1.807, 2.05) is 17.0 Å². The molecule has 0 aliphatic carbocycles. The van der Waals surface area contributed by atoms with E-state index < -0.39 is 0 Å². The molecule has 3 aliphatic heterocycles. The monoisotopic (exact) mass is 404 g/mol. The van der Waals surface area contributed by atoms with E-state index in [9.17, 15) is 4.79 Å². The third kappa shape index (κ3) is 5.51. The van der Waals surface area contributed by atoms with E-state index in [1.54, 1.807) is 6.26 Å². The molecule has 3 fully saturated rings. The number of carbonyl (C=O) groups is 1. The second-order valence-electron chi connectivity index (χ2n) is 7.96. The average molecular weight is 405 g/mol. The Morgan fingerprint density at radius 1 is 1.17 bits per heavy atom. The molecule has 8 heteroatoms. The average Bonchev–Trinajstić information content (AvgIpc) is 3.53. The lowest BCUT2D eigenvalue weighted by Gasteiger charge is -2.37. The molecule has 0 aromatic carbocycles. The normalized spacial score (nSPS) is 25.6. The highest BCUT2D eigenvalue weighted by Crippen LogP contribution is 2.16. The van der Waals surface area contributed by atoms with Crippen molar-refractivity contribution in [1.82, 2.24) is 15.1 Å². The topological polar surface area (TPSA) is 79.5 Å². The molecule has 4 heterocycles. The lowest BCUT2D eigenvalue weighted by atomic mass is 10.1. The molecular formula is C21H32N4O4. The first-order valence-corrected chi connectivity index (χ1v) is 10.8. The summed E-state index contributed by atoms with van der Waals surface area (Å²) >= 11 is 0. The molecule has 1 N–H and O–H groups in total. The van der Waals surface area contributed by atoms with Gasteiger partial charge in [0.1, 0.15) is 11.9 Å². The van der Waals surface area contributed by atoms with E-state index in [4.69, 9.17) is 18.9 Å². The number of aliphatic imine (C=N–C) groups is 1. The minimum absolute atomic E-state index is 0.148. The molecule has 4 rings (SSSR count). The van der Waals surface area contributed by atoms with Crippen LogP contribution in [0.4, 0.5) is 0 Å². The zero-order valence-corrected chi connectivity index (χ0v) is 17.1. The van der Waals surface area contributed by atoms with Crippen LogP contribution in [0, 0.1) is 5.92 Å². The fourth-order valence-corrected chi connectivity index (χ4v) is 4.08. The molecule has 0 saturated carbocycles. The third-order valence-electron chi connectivity index (χ3n) is 5.85. The number of guanidine groups is 1. The first-order chi connectivity index (χ1) is 14.3. The zero-order valence-electron chi connectivity index (χ0n) is 17.1. The molecule has 1 aromatic heterocycles. The summed E-state index contributed by atoms with van der Waals surface area (Å²) in [5, 5.41) is 3.50. The van der Waals surface area contributed by atoms with Gasteiger partial charge in [-0.05, 0) is 31.4 Å². The van der Waals surface area contributed by atoms with Gasteiger partial charge in [0.25, 0.3) is 5.91 Å². The highest BCUT2D eigenvalue weighted by atomic mass is 16.5. The molecular weight excluding hydrogens is 372 g/mol. The van der Waals surface area contributed by atoms with Crippen LogP contribution in [0.1, 0.15) is 25.0 Å². The van der Waals surface area contributed by atoms with Gasteiger partial charge in [-0.1, -0.05) is 0 Å². The Kier molecular flexibility index (Phi) is 7.05. The third-order valence-corrected chi connectivity index (χ3v) is 5.85. The number of furan rings is 1.